The van der Waals surface area contributed by atoms with Gasteiger partial charge in [-0.2, -0.15) is 5.10 Å². The van der Waals surface area contributed by atoms with Gasteiger partial charge in [-0.25, -0.2) is 9.67 Å². The summed E-state index contributed by atoms with van der Waals surface area (Å²) in [5, 5.41) is 11.5. The largest absolute Gasteiger partial charge is 0.493 e. The molecule has 0 spiro atoms. The number of halogens is 1. The molecule has 0 saturated heterocycles. The Kier molecular flexibility index (Phi) is 9.87. The average molecular weight is 526 g/mol. The van der Waals surface area contributed by atoms with Crippen molar-refractivity contribution in [2.45, 2.75) is 59.0 Å². The maximum atomic E-state index is 5.74. The monoisotopic (exact) mass is 526 g/mol. The number of aromatic nitrogens is 3. The summed E-state index contributed by atoms with van der Waals surface area (Å²) >= 11 is 0. The molecule has 1 atom stereocenters. The first-order chi connectivity index (χ1) is 14.1. The minimum Gasteiger partial charge on any atom is -0.493 e. The van der Waals surface area contributed by atoms with E-state index in [1.165, 1.54) is 5.56 Å². The van der Waals surface area contributed by atoms with Crippen molar-refractivity contribution in [2.24, 2.45) is 10.9 Å². The second-order valence-electron chi connectivity index (χ2n) is 7.96. The molecule has 1 aromatic carbocycles. The molecule has 0 fully saturated rings. The maximum absolute atomic E-state index is 5.74. The number of nitrogens with one attached hydrogen (secondary N) is 2. The summed E-state index contributed by atoms with van der Waals surface area (Å²) in [7, 11) is 1.81. The second-order valence-corrected chi connectivity index (χ2v) is 7.96. The van der Waals surface area contributed by atoms with Crippen molar-refractivity contribution in [3.8, 4) is 5.75 Å². The molecular weight excluding hydrogens is 491 g/mol. The summed E-state index contributed by atoms with van der Waals surface area (Å²) in [6, 6.07) is 8.68. The molecule has 2 heterocycles. The number of aryl methyl sites for hydroxylation is 2. The highest BCUT2D eigenvalue weighted by atomic mass is 127. The molecule has 30 heavy (non-hydrogen) atoms. The van der Waals surface area contributed by atoms with Crippen LogP contribution < -0.4 is 15.4 Å². The van der Waals surface area contributed by atoms with Gasteiger partial charge >= 0.3 is 0 Å². The van der Waals surface area contributed by atoms with E-state index < -0.39 is 0 Å². The Morgan fingerprint density at radius 2 is 2.07 bits per heavy atom. The third-order valence-corrected chi connectivity index (χ3v) is 5.00. The molecule has 8 heteroatoms. The highest BCUT2D eigenvalue weighted by molar-refractivity contribution is 14.0. The van der Waals surface area contributed by atoms with E-state index in [4.69, 9.17) is 4.74 Å². The number of fused-ring (bicyclic) bond motifs is 1. The van der Waals surface area contributed by atoms with E-state index in [-0.39, 0.29) is 24.0 Å². The molecule has 1 aliphatic heterocycles. The van der Waals surface area contributed by atoms with Gasteiger partial charge in [0.1, 0.15) is 11.6 Å². The molecule has 7 nitrogen and oxygen atoms in total. The van der Waals surface area contributed by atoms with Crippen LogP contribution in [0.15, 0.2) is 29.3 Å². The van der Waals surface area contributed by atoms with E-state index in [9.17, 15) is 0 Å². The van der Waals surface area contributed by atoms with E-state index >= 15 is 0 Å². The number of guanidine groups is 1. The standard InChI is InChI=1S/C22H34N6O.HI/c1-5-20-26-21-11-8-18(14-28(21)27-20)25-22(23-4)24-13-12-17-6-9-19(10-7-17)29-15-16(2)3;/h6-7,9-10,16,18H,5,8,11-15H2,1-4H3,(H2,23,24,25);1H. The van der Waals surface area contributed by atoms with Gasteiger partial charge in [-0.05, 0) is 36.5 Å². The van der Waals surface area contributed by atoms with Gasteiger partial charge in [0.25, 0.3) is 0 Å². The minimum atomic E-state index is 0. The molecule has 0 amide bonds. The number of aliphatic imine (C=N–C) groups is 1. The first-order valence-corrected chi connectivity index (χ1v) is 10.7. The lowest BCUT2D eigenvalue weighted by molar-refractivity contribution is 0.271. The van der Waals surface area contributed by atoms with E-state index in [0.29, 0.717) is 12.0 Å². The van der Waals surface area contributed by atoms with Gasteiger partial charge in [-0.1, -0.05) is 32.9 Å². The fourth-order valence-electron chi connectivity index (χ4n) is 3.36. The highest BCUT2D eigenvalue weighted by Crippen LogP contribution is 2.14. The van der Waals surface area contributed by atoms with Crippen LogP contribution in [0.25, 0.3) is 0 Å². The molecule has 1 unspecified atom stereocenters. The molecular formula is C22H35IN6O. The van der Waals surface area contributed by atoms with E-state index in [2.05, 4.69) is 58.6 Å². The number of benzene rings is 1. The zero-order valence-corrected chi connectivity index (χ0v) is 20.8. The fraction of sp³-hybridized carbons (Fsp3) is 0.591. The van der Waals surface area contributed by atoms with Crippen molar-refractivity contribution >= 4 is 29.9 Å². The summed E-state index contributed by atoms with van der Waals surface area (Å²) in [5.41, 5.74) is 1.28. The second kappa shape index (κ2) is 12.1. The Labute approximate surface area is 197 Å². The van der Waals surface area contributed by atoms with Crippen molar-refractivity contribution in [1.82, 2.24) is 25.4 Å². The zero-order valence-electron chi connectivity index (χ0n) is 18.5. The lowest BCUT2D eigenvalue weighted by Gasteiger charge is -2.25. The molecule has 0 aliphatic carbocycles. The van der Waals surface area contributed by atoms with Crippen LogP contribution in [0.5, 0.6) is 5.75 Å². The Bertz CT molecular complexity index is 802. The average Bonchev–Trinajstić information content (AvgIpc) is 3.15. The van der Waals surface area contributed by atoms with E-state index in [1.54, 1.807) is 0 Å². The van der Waals surface area contributed by atoms with Crippen molar-refractivity contribution in [2.75, 3.05) is 20.2 Å². The van der Waals surface area contributed by atoms with Gasteiger partial charge in [0.15, 0.2) is 11.8 Å². The third kappa shape index (κ3) is 7.14. The van der Waals surface area contributed by atoms with Gasteiger partial charge in [-0.3, -0.25) is 4.99 Å². The van der Waals surface area contributed by atoms with Crippen molar-refractivity contribution in [3.05, 3.63) is 41.5 Å². The quantitative estimate of drug-likeness (QED) is 0.314. The van der Waals surface area contributed by atoms with Gasteiger partial charge < -0.3 is 15.4 Å². The number of nitrogens with zero attached hydrogens (tertiary/aromatic N) is 4. The van der Waals surface area contributed by atoms with Gasteiger partial charge in [0.05, 0.1) is 13.2 Å². The van der Waals surface area contributed by atoms with Crippen LogP contribution in [0.4, 0.5) is 0 Å². The van der Waals surface area contributed by atoms with Crippen LogP contribution in [0.2, 0.25) is 0 Å². The van der Waals surface area contributed by atoms with Crippen LogP contribution in [-0.2, 0) is 25.8 Å². The molecule has 0 saturated carbocycles. The maximum Gasteiger partial charge on any atom is 0.191 e. The smallest absolute Gasteiger partial charge is 0.191 e. The number of hydrogen-bond acceptors (Lipinski definition) is 4. The molecule has 1 aromatic heterocycles. The van der Waals surface area contributed by atoms with Crippen LogP contribution >= 0.6 is 24.0 Å². The predicted octanol–water partition coefficient (Wildman–Crippen LogP) is 3.22. The summed E-state index contributed by atoms with van der Waals surface area (Å²) in [6.45, 7) is 8.81. The molecule has 0 radical (unpaired) electrons. The molecule has 166 valence electrons. The van der Waals surface area contributed by atoms with Gasteiger partial charge in [-0.15, -0.1) is 24.0 Å². The SMILES string of the molecule is CCc1nc2n(n1)CC(NC(=NC)NCCc1ccc(OCC(C)C)cc1)CC2.I. The summed E-state index contributed by atoms with van der Waals surface area (Å²) in [4.78, 5) is 8.96. The first-order valence-electron chi connectivity index (χ1n) is 10.7. The third-order valence-electron chi connectivity index (χ3n) is 5.00. The lowest BCUT2D eigenvalue weighted by atomic mass is 10.1. The predicted molar refractivity (Wildman–Crippen MR) is 132 cm³/mol. The van der Waals surface area contributed by atoms with Crippen molar-refractivity contribution < 1.29 is 4.74 Å². The Morgan fingerprint density at radius 1 is 1.30 bits per heavy atom. The Hall–Kier alpha value is -1.84. The molecule has 2 N–H and O–H groups in total. The van der Waals surface area contributed by atoms with E-state index in [1.807, 2.05) is 23.9 Å². The van der Waals surface area contributed by atoms with Gasteiger partial charge in [0, 0.05) is 32.5 Å². The molecule has 1 aliphatic rings. The normalized spacial score (nSPS) is 16.0. The molecule has 0 bridgehead atoms. The molecule has 3 rings (SSSR count). The number of hydrogen-bond donors (Lipinski definition) is 2. The van der Waals surface area contributed by atoms with Gasteiger partial charge in [0.2, 0.25) is 0 Å². The fourth-order valence-corrected chi connectivity index (χ4v) is 3.36. The highest BCUT2D eigenvalue weighted by Gasteiger charge is 2.21. The topological polar surface area (TPSA) is 76.4 Å². The number of rotatable bonds is 8. The van der Waals surface area contributed by atoms with Crippen molar-refractivity contribution in [3.63, 3.8) is 0 Å². The minimum absolute atomic E-state index is 0. The summed E-state index contributed by atoms with van der Waals surface area (Å²) in [5.74, 6) is 4.34. The molecule has 2 aromatic rings. The first kappa shape index (κ1) is 24.4. The Balaban J connectivity index is 0.00000320. The van der Waals surface area contributed by atoms with E-state index in [0.717, 1.165) is 68.7 Å². The number of ether oxygens (including phenoxy) is 1. The van der Waals surface area contributed by atoms with Crippen LogP contribution in [0, 0.1) is 5.92 Å². The summed E-state index contributed by atoms with van der Waals surface area (Å²) in [6.07, 6.45) is 3.81. The Morgan fingerprint density at radius 3 is 2.73 bits per heavy atom. The van der Waals surface area contributed by atoms with Crippen LogP contribution in [0.3, 0.4) is 0 Å². The zero-order chi connectivity index (χ0) is 20.6. The van der Waals surface area contributed by atoms with Crippen molar-refractivity contribution in [1.29, 1.82) is 0 Å². The summed E-state index contributed by atoms with van der Waals surface area (Å²) < 4.78 is 7.78. The van der Waals surface area contributed by atoms with Crippen LogP contribution in [-0.4, -0.2) is 47.0 Å². The lowest BCUT2D eigenvalue weighted by Crippen LogP contribution is -2.47. The van der Waals surface area contributed by atoms with Crippen LogP contribution in [0.1, 0.15) is 44.4 Å².